The van der Waals surface area contributed by atoms with E-state index in [2.05, 4.69) is 15.0 Å². The summed E-state index contributed by atoms with van der Waals surface area (Å²) in [5.41, 5.74) is 2.27. The number of benzene rings is 1. The molecule has 1 aliphatic heterocycles. The van der Waals surface area contributed by atoms with Gasteiger partial charge < -0.3 is 23.5 Å². The summed E-state index contributed by atoms with van der Waals surface area (Å²) in [6, 6.07) is 13.6. The van der Waals surface area contributed by atoms with Crippen molar-refractivity contribution in [1.82, 2.24) is 14.3 Å². The molecule has 5 rings (SSSR count). The van der Waals surface area contributed by atoms with Crippen molar-refractivity contribution in [2.75, 3.05) is 33.4 Å². The van der Waals surface area contributed by atoms with Crippen molar-refractivity contribution in [3.8, 4) is 17.2 Å². The van der Waals surface area contributed by atoms with Gasteiger partial charge in [-0.05, 0) is 55.8 Å². The number of aromatic nitrogens is 2. The van der Waals surface area contributed by atoms with Crippen LogP contribution in [0.1, 0.15) is 12.8 Å². The van der Waals surface area contributed by atoms with E-state index in [9.17, 15) is 5.21 Å². The second-order valence-electron chi connectivity index (χ2n) is 8.00. The van der Waals surface area contributed by atoms with Crippen LogP contribution in [0.2, 0.25) is 0 Å². The second-order valence-corrected chi connectivity index (χ2v) is 8.00. The van der Waals surface area contributed by atoms with Crippen molar-refractivity contribution in [2.24, 2.45) is 5.16 Å². The average molecular weight is 471 g/mol. The molecule has 1 N–H and O–H groups in total. The summed E-state index contributed by atoms with van der Waals surface area (Å²) in [5.74, 6) is 1.24. The lowest BCUT2D eigenvalue weighted by atomic mass is 10.2. The quantitative estimate of drug-likeness (QED) is 0.325. The monoisotopic (exact) mass is 470 g/mol. The van der Waals surface area contributed by atoms with Crippen LogP contribution in [0.15, 0.2) is 64.6 Å². The molecule has 1 aromatic carbocycles. The fraction of sp³-hybridized carbons (Fsp3) is 0.333. The Morgan fingerprint density at radius 3 is 3.00 bits per heavy atom. The fourth-order valence-electron chi connectivity index (χ4n) is 4.37. The number of fused-ring (bicyclic) bond motifs is 2. The van der Waals surface area contributed by atoms with E-state index in [1.54, 1.807) is 19.5 Å². The molecule has 0 amide bonds. The van der Waals surface area contributed by atoms with Crippen LogP contribution < -0.4 is 10.1 Å². The van der Waals surface area contributed by atoms with E-state index < -0.39 is 0 Å². The van der Waals surface area contributed by atoms with E-state index in [-0.39, 0.29) is 12.4 Å². The van der Waals surface area contributed by atoms with Crippen LogP contribution in [0.3, 0.4) is 0 Å². The Bertz CT molecular complexity index is 1300. The number of hydrogen-bond acceptors (Lipinski definition) is 7. The van der Waals surface area contributed by atoms with Gasteiger partial charge in [0.25, 0.3) is 0 Å². The number of nitrogens with zero attached hydrogens (tertiary/aromatic N) is 4. The fourth-order valence-corrected chi connectivity index (χ4v) is 4.37. The van der Waals surface area contributed by atoms with Gasteiger partial charge in [0.1, 0.15) is 29.0 Å². The minimum absolute atomic E-state index is 0. The third-order valence-corrected chi connectivity index (χ3v) is 6.00. The molecular weight excluding hydrogens is 444 g/mol. The standard InChI is InChI=1S/C24H26N4O4.ClH/c1-30-15-18-5-3-8-27(18)10-11-31-19-6-7-23-20(13-19)21(26-29)14-24(32-23)22-12-17-4-2-9-28(17)16-25-22;/h2,4,6-7,9,12-14,16,18,29H,3,5,8,10-11,15H2,1H3;1H/b26-21-;/t18-;/m1./s1. The van der Waals surface area contributed by atoms with Crippen LogP contribution in [0, 0.1) is 0 Å². The molecule has 1 saturated heterocycles. The molecule has 0 aliphatic carbocycles. The number of rotatable bonds is 7. The number of methoxy groups -OCH3 is 1. The minimum Gasteiger partial charge on any atom is -0.492 e. The largest absolute Gasteiger partial charge is 0.492 e. The molecule has 0 saturated carbocycles. The summed E-state index contributed by atoms with van der Waals surface area (Å²) in [5, 5.41) is 14.2. The Kier molecular flexibility index (Phi) is 7.17. The van der Waals surface area contributed by atoms with Crippen LogP contribution in [0.5, 0.6) is 5.75 Å². The molecule has 8 nitrogen and oxygen atoms in total. The number of likely N-dealkylation sites (tertiary alicyclic amines) is 1. The average Bonchev–Trinajstić information content (AvgIpc) is 3.47. The molecule has 0 spiro atoms. The van der Waals surface area contributed by atoms with E-state index in [1.165, 1.54) is 12.8 Å². The summed E-state index contributed by atoms with van der Waals surface area (Å²) in [6.45, 7) is 3.26. The van der Waals surface area contributed by atoms with Gasteiger partial charge in [0.2, 0.25) is 0 Å². The Balaban J connectivity index is 0.00000259. The highest BCUT2D eigenvalue weighted by Crippen LogP contribution is 2.25. The third-order valence-electron chi connectivity index (χ3n) is 6.00. The molecule has 4 aromatic rings. The van der Waals surface area contributed by atoms with Gasteiger partial charge in [0.15, 0.2) is 5.76 Å². The predicted molar refractivity (Wildman–Crippen MR) is 127 cm³/mol. The van der Waals surface area contributed by atoms with Crippen LogP contribution >= 0.6 is 12.4 Å². The normalized spacial score (nSPS) is 17.0. The Hall–Kier alpha value is -3.07. The van der Waals surface area contributed by atoms with E-state index in [0.29, 0.717) is 46.2 Å². The molecule has 4 heterocycles. The smallest absolute Gasteiger partial charge is 0.155 e. The first kappa shape index (κ1) is 23.1. The van der Waals surface area contributed by atoms with Crippen LogP contribution in [-0.2, 0) is 4.74 Å². The zero-order valence-electron chi connectivity index (χ0n) is 18.4. The van der Waals surface area contributed by atoms with Gasteiger partial charge in [-0.15, -0.1) is 12.4 Å². The van der Waals surface area contributed by atoms with Gasteiger partial charge in [-0.3, -0.25) is 4.90 Å². The molecule has 1 fully saturated rings. The molecule has 0 unspecified atom stereocenters. The van der Waals surface area contributed by atoms with Crippen molar-refractivity contribution in [3.05, 3.63) is 60.3 Å². The molecule has 9 heteroatoms. The molecule has 33 heavy (non-hydrogen) atoms. The van der Waals surface area contributed by atoms with Crippen molar-refractivity contribution in [1.29, 1.82) is 0 Å². The van der Waals surface area contributed by atoms with Crippen LogP contribution in [0.4, 0.5) is 0 Å². The lowest BCUT2D eigenvalue weighted by Crippen LogP contribution is -2.35. The number of ether oxygens (including phenoxy) is 2. The van der Waals surface area contributed by atoms with E-state index in [4.69, 9.17) is 13.9 Å². The predicted octanol–water partition coefficient (Wildman–Crippen LogP) is 3.95. The van der Waals surface area contributed by atoms with Gasteiger partial charge in [0, 0.05) is 37.5 Å². The zero-order valence-corrected chi connectivity index (χ0v) is 19.2. The van der Waals surface area contributed by atoms with E-state index >= 15 is 0 Å². The first-order valence-corrected chi connectivity index (χ1v) is 10.8. The van der Waals surface area contributed by atoms with Crippen LogP contribution in [-0.4, -0.2) is 58.9 Å². The van der Waals surface area contributed by atoms with Crippen molar-refractivity contribution < 1.29 is 19.1 Å². The van der Waals surface area contributed by atoms with E-state index in [1.807, 2.05) is 47.0 Å². The number of hydrogen-bond donors (Lipinski definition) is 1. The highest BCUT2D eigenvalue weighted by atomic mass is 35.5. The lowest BCUT2D eigenvalue weighted by Gasteiger charge is -2.23. The topological polar surface area (TPSA) is 84.7 Å². The summed E-state index contributed by atoms with van der Waals surface area (Å²) >= 11 is 0. The van der Waals surface area contributed by atoms with Crippen LogP contribution in [0.25, 0.3) is 27.9 Å². The summed E-state index contributed by atoms with van der Waals surface area (Å²) < 4.78 is 19.3. The lowest BCUT2D eigenvalue weighted by molar-refractivity contribution is 0.105. The highest BCUT2D eigenvalue weighted by Gasteiger charge is 2.23. The van der Waals surface area contributed by atoms with Gasteiger partial charge >= 0.3 is 0 Å². The molecule has 1 aliphatic rings. The molecule has 3 aromatic heterocycles. The van der Waals surface area contributed by atoms with Crippen molar-refractivity contribution in [2.45, 2.75) is 18.9 Å². The molecule has 174 valence electrons. The summed E-state index contributed by atoms with van der Waals surface area (Å²) in [4.78, 5) is 6.87. The van der Waals surface area contributed by atoms with Gasteiger partial charge in [-0.2, -0.15) is 0 Å². The zero-order chi connectivity index (χ0) is 21.9. The number of halogens is 1. The highest BCUT2D eigenvalue weighted by molar-refractivity contribution is 5.85. The Morgan fingerprint density at radius 2 is 2.15 bits per heavy atom. The summed E-state index contributed by atoms with van der Waals surface area (Å²) in [7, 11) is 1.75. The summed E-state index contributed by atoms with van der Waals surface area (Å²) in [6.07, 6.45) is 6.03. The van der Waals surface area contributed by atoms with Crippen molar-refractivity contribution >= 4 is 28.9 Å². The minimum atomic E-state index is 0. The van der Waals surface area contributed by atoms with Gasteiger partial charge in [0.05, 0.1) is 18.3 Å². The van der Waals surface area contributed by atoms with Gasteiger partial charge in [-0.1, -0.05) is 5.16 Å². The maximum Gasteiger partial charge on any atom is 0.155 e. The first-order valence-electron chi connectivity index (χ1n) is 10.8. The maximum absolute atomic E-state index is 9.64. The molecule has 1 atom stereocenters. The van der Waals surface area contributed by atoms with Gasteiger partial charge in [-0.25, -0.2) is 4.98 Å². The third kappa shape index (κ3) is 4.83. The Labute approximate surface area is 197 Å². The maximum atomic E-state index is 9.64. The Morgan fingerprint density at radius 1 is 1.24 bits per heavy atom. The van der Waals surface area contributed by atoms with E-state index in [0.717, 1.165) is 25.2 Å². The SMILES string of the molecule is COC[C@H]1CCCN1CCOc1ccc2oc(-c3cc4cccn4cn3)c/c(=N/O)c2c1.Cl. The van der Waals surface area contributed by atoms with Crippen molar-refractivity contribution in [3.63, 3.8) is 0 Å². The molecular formula is C24H27ClN4O4. The molecule has 0 radical (unpaired) electrons. The molecule has 0 bridgehead atoms. The first-order chi connectivity index (χ1) is 15.7. The second kappa shape index (κ2) is 10.2.